The lowest BCUT2D eigenvalue weighted by Crippen LogP contribution is -2.30. The van der Waals surface area contributed by atoms with Gasteiger partial charge in [0.15, 0.2) is 6.10 Å². The van der Waals surface area contributed by atoms with Crippen LogP contribution in [0.2, 0.25) is 0 Å². The first-order chi connectivity index (χ1) is 28.5. The quantitative estimate of drug-likeness (QED) is 0.0201. The summed E-state index contributed by atoms with van der Waals surface area (Å²) in [5.74, 6) is -0.937. The van der Waals surface area contributed by atoms with Crippen LogP contribution in [0.4, 0.5) is 0 Å². The third-order valence-electron chi connectivity index (χ3n) is 10.2. The van der Waals surface area contributed by atoms with E-state index in [1.54, 1.807) is 0 Å². The molecular weight excluding hydrogens is 721 g/mol. The van der Waals surface area contributed by atoms with Crippen molar-refractivity contribution in [3.63, 3.8) is 0 Å². The highest BCUT2D eigenvalue weighted by Crippen LogP contribution is 2.13. The molecule has 0 saturated carbocycles. The topological polar surface area (TPSA) is 78.9 Å². The maximum atomic E-state index is 12.7. The molecule has 0 radical (unpaired) electrons. The molecule has 334 valence electrons. The van der Waals surface area contributed by atoms with Gasteiger partial charge in [-0.3, -0.25) is 14.4 Å². The van der Waals surface area contributed by atoms with Crippen molar-refractivity contribution >= 4 is 17.9 Å². The fourth-order valence-electron chi connectivity index (χ4n) is 6.50. The molecule has 0 amide bonds. The van der Waals surface area contributed by atoms with Crippen LogP contribution in [0.15, 0.2) is 60.8 Å². The summed E-state index contributed by atoms with van der Waals surface area (Å²) >= 11 is 0. The number of esters is 3. The highest BCUT2D eigenvalue weighted by atomic mass is 16.6. The van der Waals surface area contributed by atoms with Crippen LogP contribution in [-0.4, -0.2) is 37.2 Å². The summed E-state index contributed by atoms with van der Waals surface area (Å²) in [6.45, 7) is 6.49. The molecule has 6 nitrogen and oxygen atoms in total. The fraction of sp³-hybridized carbons (Fsp3) is 0.750. The van der Waals surface area contributed by atoms with Crippen molar-refractivity contribution in [1.29, 1.82) is 0 Å². The Balaban J connectivity index is 4.40. The summed E-state index contributed by atoms with van der Waals surface area (Å²) in [5.41, 5.74) is 0. The van der Waals surface area contributed by atoms with Crippen LogP contribution in [0.5, 0.6) is 0 Å². The average molecular weight is 811 g/mol. The van der Waals surface area contributed by atoms with Crippen molar-refractivity contribution in [3.05, 3.63) is 60.8 Å². The van der Waals surface area contributed by atoms with E-state index < -0.39 is 6.10 Å². The van der Waals surface area contributed by atoms with Crippen molar-refractivity contribution in [1.82, 2.24) is 0 Å². The zero-order valence-electron chi connectivity index (χ0n) is 38.0. The normalized spacial score (nSPS) is 12.5. The maximum absolute atomic E-state index is 12.7. The number of carbonyl (C=O) groups is 3. The molecule has 0 bridgehead atoms. The standard InChI is InChI=1S/C52H90O6/c1-4-7-10-13-16-19-22-24-25-26-27-28-31-33-36-39-42-45-51(54)57-48-49(47-56-50(53)44-41-38-35-32-29-21-18-15-12-9-6-3)58-52(55)46-43-40-37-34-30-23-20-17-14-11-8-5-2/h15-21,24-25,29,49H,4-14,22-23,26-28,30-48H2,1-3H3/b18-15-,19-16-,20-17-,25-24-,29-21-. The van der Waals surface area contributed by atoms with E-state index in [0.29, 0.717) is 19.3 Å². The predicted octanol–water partition coefficient (Wildman–Crippen LogP) is 15.7. The summed E-state index contributed by atoms with van der Waals surface area (Å²) < 4.78 is 16.7. The number of allylic oxidation sites excluding steroid dienone is 10. The molecule has 6 heteroatoms. The highest BCUT2D eigenvalue weighted by Gasteiger charge is 2.19. The Kier molecular flexibility index (Phi) is 44.5. The monoisotopic (exact) mass is 811 g/mol. The molecule has 0 N–H and O–H groups in total. The first-order valence-corrected chi connectivity index (χ1v) is 24.3. The van der Waals surface area contributed by atoms with E-state index in [0.717, 1.165) is 96.3 Å². The van der Waals surface area contributed by atoms with E-state index >= 15 is 0 Å². The van der Waals surface area contributed by atoms with Gasteiger partial charge in [-0.05, 0) is 96.3 Å². The number of carbonyl (C=O) groups excluding carboxylic acids is 3. The summed E-state index contributed by atoms with van der Waals surface area (Å²) in [5, 5.41) is 0. The second-order valence-electron chi connectivity index (χ2n) is 16.0. The number of unbranched alkanes of at least 4 members (excludes halogenated alkanes) is 23. The molecule has 0 fully saturated rings. The predicted molar refractivity (Wildman–Crippen MR) is 247 cm³/mol. The van der Waals surface area contributed by atoms with E-state index in [4.69, 9.17) is 14.2 Å². The third-order valence-corrected chi connectivity index (χ3v) is 10.2. The third kappa shape index (κ3) is 44.2. The van der Waals surface area contributed by atoms with Gasteiger partial charge in [0.25, 0.3) is 0 Å². The Labute approximate surface area is 358 Å². The van der Waals surface area contributed by atoms with Gasteiger partial charge in [0, 0.05) is 19.3 Å². The molecule has 0 aliphatic carbocycles. The van der Waals surface area contributed by atoms with Crippen LogP contribution < -0.4 is 0 Å². The van der Waals surface area contributed by atoms with Crippen molar-refractivity contribution < 1.29 is 28.6 Å². The van der Waals surface area contributed by atoms with Gasteiger partial charge in [-0.1, -0.05) is 178 Å². The summed E-state index contributed by atoms with van der Waals surface area (Å²) in [4.78, 5) is 37.8. The van der Waals surface area contributed by atoms with Crippen LogP contribution in [-0.2, 0) is 28.6 Å². The van der Waals surface area contributed by atoms with E-state index in [2.05, 4.69) is 81.5 Å². The van der Waals surface area contributed by atoms with Gasteiger partial charge in [0.05, 0.1) is 0 Å². The minimum Gasteiger partial charge on any atom is -0.462 e. The summed E-state index contributed by atoms with van der Waals surface area (Å²) in [7, 11) is 0. The molecule has 0 spiro atoms. The number of rotatable bonds is 43. The Bertz CT molecular complexity index is 1070. The molecule has 0 heterocycles. The van der Waals surface area contributed by atoms with Gasteiger partial charge < -0.3 is 14.2 Å². The molecule has 0 aromatic carbocycles. The van der Waals surface area contributed by atoms with Gasteiger partial charge in [0.1, 0.15) is 13.2 Å². The SMILES string of the molecule is CCCC/C=C\C=C/CCCCCC(=O)OCC(COC(=O)CCCCCCCCC/C=C\C/C=C\CCCCC)OC(=O)CCCCCCC/C=C\CCCCC. The largest absolute Gasteiger partial charge is 0.462 e. The van der Waals surface area contributed by atoms with E-state index in [1.165, 1.54) is 96.3 Å². The summed E-state index contributed by atoms with van der Waals surface area (Å²) in [6.07, 6.45) is 56.3. The summed E-state index contributed by atoms with van der Waals surface area (Å²) in [6, 6.07) is 0. The number of hydrogen-bond donors (Lipinski definition) is 0. The van der Waals surface area contributed by atoms with E-state index in [-0.39, 0.29) is 31.1 Å². The molecule has 1 unspecified atom stereocenters. The first-order valence-electron chi connectivity index (χ1n) is 24.3. The highest BCUT2D eigenvalue weighted by molar-refractivity contribution is 5.71. The Hall–Kier alpha value is -2.89. The van der Waals surface area contributed by atoms with Crippen molar-refractivity contribution in [3.8, 4) is 0 Å². The second kappa shape index (κ2) is 46.8. The minimum atomic E-state index is -0.790. The number of ether oxygens (including phenoxy) is 3. The average Bonchev–Trinajstić information content (AvgIpc) is 3.22. The van der Waals surface area contributed by atoms with Gasteiger partial charge >= 0.3 is 17.9 Å². The van der Waals surface area contributed by atoms with Gasteiger partial charge in [-0.25, -0.2) is 0 Å². The Morgan fingerprint density at radius 3 is 1.14 bits per heavy atom. The van der Waals surface area contributed by atoms with Gasteiger partial charge in [0.2, 0.25) is 0 Å². The van der Waals surface area contributed by atoms with E-state index in [9.17, 15) is 14.4 Å². The lowest BCUT2D eigenvalue weighted by atomic mass is 10.1. The first kappa shape index (κ1) is 55.1. The maximum Gasteiger partial charge on any atom is 0.306 e. The Morgan fingerprint density at radius 2 is 0.690 bits per heavy atom. The van der Waals surface area contributed by atoms with Crippen molar-refractivity contribution in [2.75, 3.05) is 13.2 Å². The smallest absolute Gasteiger partial charge is 0.306 e. The van der Waals surface area contributed by atoms with Crippen molar-refractivity contribution in [2.45, 2.75) is 239 Å². The van der Waals surface area contributed by atoms with Crippen LogP contribution in [0.1, 0.15) is 233 Å². The molecule has 0 rings (SSSR count). The Morgan fingerprint density at radius 1 is 0.362 bits per heavy atom. The fourth-order valence-corrected chi connectivity index (χ4v) is 6.50. The molecule has 0 aromatic rings. The van der Waals surface area contributed by atoms with Gasteiger partial charge in [-0.2, -0.15) is 0 Å². The molecule has 0 saturated heterocycles. The molecule has 0 aliphatic heterocycles. The van der Waals surface area contributed by atoms with Crippen LogP contribution >= 0.6 is 0 Å². The molecule has 1 atom stereocenters. The molecule has 0 aromatic heterocycles. The molecule has 0 aliphatic rings. The van der Waals surface area contributed by atoms with E-state index in [1.807, 2.05) is 0 Å². The minimum absolute atomic E-state index is 0.0905. The lowest BCUT2D eigenvalue weighted by molar-refractivity contribution is -0.167. The number of hydrogen-bond acceptors (Lipinski definition) is 6. The van der Waals surface area contributed by atoms with Gasteiger partial charge in [-0.15, -0.1) is 0 Å². The molecule has 58 heavy (non-hydrogen) atoms. The lowest BCUT2D eigenvalue weighted by Gasteiger charge is -2.18. The molecular formula is C52H90O6. The van der Waals surface area contributed by atoms with Crippen molar-refractivity contribution in [2.24, 2.45) is 0 Å². The zero-order chi connectivity index (χ0) is 42.3. The zero-order valence-corrected chi connectivity index (χ0v) is 38.0. The second-order valence-corrected chi connectivity index (χ2v) is 16.0. The van der Waals surface area contributed by atoms with Crippen LogP contribution in [0.25, 0.3) is 0 Å². The van der Waals surface area contributed by atoms with Crippen LogP contribution in [0.3, 0.4) is 0 Å². The van der Waals surface area contributed by atoms with Crippen LogP contribution in [0, 0.1) is 0 Å².